The molecule has 2 aliphatic rings. The number of aromatic nitrogens is 4. The van der Waals surface area contributed by atoms with E-state index in [0.29, 0.717) is 0 Å². The van der Waals surface area contributed by atoms with Gasteiger partial charge in [-0.05, 0) is 13.8 Å². The van der Waals surface area contributed by atoms with Gasteiger partial charge in [-0.1, -0.05) is 0 Å². The molecule has 0 unspecified atom stereocenters. The Kier molecular flexibility index (Phi) is 3.00. The molecular weight excluding hydrogens is 308 g/mol. The summed E-state index contributed by atoms with van der Waals surface area (Å²) in [5.74, 6) is -0.813. The molecule has 4 heterocycles. The van der Waals surface area contributed by atoms with Crippen LogP contribution in [0.15, 0.2) is 15.9 Å². The number of hydrogen-bond donors (Lipinski definition) is 3. The number of rotatable bonds is 2. The quantitative estimate of drug-likeness (QED) is 0.633. The normalized spacial score (nSPS) is 32.5. The van der Waals surface area contributed by atoms with Crippen molar-refractivity contribution in [3.05, 3.63) is 27.2 Å². The second-order valence-electron chi connectivity index (χ2n) is 6.07. The van der Waals surface area contributed by atoms with Crippen LogP contribution in [-0.2, 0) is 14.2 Å². The maximum Gasteiger partial charge on any atom is 0.327 e. The molecule has 0 amide bonds. The smallest absolute Gasteiger partial charge is 0.327 e. The lowest BCUT2D eigenvalue weighted by Crippen LogP contribution is -2.31. The van der Waals surface area contributed by atoms with Crippen molar-refractivity contribution >= 4 is 11.2 Å². The van der Waals surface area contributed by atoms with Crippen LogP contribution in [0.4, 0.5) is 0 Å². The Morgan fingerprint density at radius 2 is 2.04 bits per heavy atom. The van der Waals surface area contributed by atoms with E-state index in [1.165, 1.54) is 10.9 Å². The van der Waals surface area contributed by atoms with Crippen LogP contribution in [-0.4, -0.2) is 55.3 Å². The highest BCUT2D eigenvalue weighted by Gasteiger charge is 2.55. The Hall–Kier alpha value is -2.01. The predicted molar refractivity (Wildman–Crippen MR) is 75.8 cm³/mol. The van der Waals surface area contributed by atoms with Crippen LogP contribution in [0.3, 0.4) is 0 Å². The largest absolute Gasteiger partial charge is 0.394 e. The number of fused-ring (bicyclic) bond motifs is 2. The van der Waals surface area contributed by atoms with E-state index in [9.17, 15) is 14.7 Å². The first-order valence-corrected chi connectivity index (χ1v) is 7.21. The molecule has 0 spiro atoms. The Labute approximate surface area is 129 Å². The van der Waals surface area contributed by atoms with Gasteiger partial charge in [0, 0.05) is 0 Å². The minimum absolute atomic E-state index is 0.0929. The van der Waals surface area contributed by atoms with Crippen molar-refractivity contribution in [2.75, 3.05) is 6.61 Å². The number of ether oxygens (including phenoxy) is 3. The SMILES string of the molecule is CC1(C)O[C@@H]2[C@H](O1)[C@@H](CO)O[C@H]2n1cnc2c(=O)[nH]c(=O)[nH]c21. The number of aliphatic hydroxyl groups is 1. The molecule has 4 rings (SSSR count). The summed E-state index contributed by atoms with van der Waals surface area (Å²) in [7, 11) is 0. The molecule has 124 valence electrons. The van der Waals surface area contributed by atoms with Crippen LogP contribution in [0.2, 0.25) is 0 Å². The van der Waals surface area contributed by atoms with Crippen molar-refractivity contribution in [1.82, 2.24) is 19.5 Å². The molecule has 2 fully saturated rings. The molecule has 3 N–H and O–H groups in total. The van der Waals surface area contributed by atoms with Crippen LogP contribution < -0.4 is 11.2 Å². The van der Waals surface area contributed by atoms with Gasteiger partial charge in [-0.15, -0.1) is 0 Å². The lowest BCUT2D eigenvalue weighted by Gasteiger charge is -2.24. The van der Waals surface area contributed by atoms with Gasteiger partial charge in [0.05, 0.1) is 12.9 Å². The summed E-state index contributed by atoms with van der Waals surface area (Å²) in [6.07, 6.45) is -0.806. The number of nitrogens with zero attached hydrogens (tertiary/aromatic N) is 2. The average Bonchev–Trinajstić information content (AvgIpc) is 3.09. The van der Waals surface area contributed by atoms with Crippen LogP contribution >= 0.6 is 0 Å². The number of imidazole rings is 1. The molecule has 0 radical (unpaired) electrons. The molecule has 2 aliphatic heterocycles. The number of H-pyrrole nitrogens is 2. The highest BCUT2D eigenvalue weighted by atomic mass is 16.8. The Morgan fingerprint density at radius 3 is 2.78 bits per heavy atom. The zero-order valence-electron chi connectivity index (χ0n) is 12.5. The van der Waals surface area contributed by atoms with Gasteiger partial charge in [-0.2, -0.15) is 0 Å². The molecule has 0 aliphatic carbocycles. The highest BCUT2D eigenvalue weighted by molar-refractivity contribution is 5.68. The summed E-state index contributed by atoms with van der Waals surface area (Å²) in [5.41, 5.74) is -0.897. The molecular formula is C13H16N4O6. The number of nitrogens with one attached hydrogen (secondary N) is 2. The van der Waals surface area contributed by atoms with Gasteiger partial charge in [-0.3, -0.25) is 19.3 Å². The van der Waals surface area contributed by atoms with Gasteiger partial charge in [0.25, 0.3) is 5.56 Å². The summed E-state index contributed by atoms with van der Waals surface area (Å²) in [6.45, 7) is 3.31. The summed E-state index contributed by atoms with van der Waals surface area (Å²) < 4.78 is 19.0. The molecule has 0 aromatic carbocycles. The molecule has 2 aromatic rings. The fourth-order valence-electron chi connectivity index (χ4n) is 3.18. The summed E-state index contributed by atoms with van der Waals surface area (Å²) >= 11 is 0. The summed E-state index contributed by atoms with van der Waals surface area (Å²) in [6, 6.07) is 0. The van der Waals surface area contributed by atoms with E-state index in [0.717, 1.165) is 0 Å². The second kappa shape index (κ2) is 4.74. The monoisotopic (exact) mass is 324 g/mol. The van der Waals surface area contributed by atoms with E-state index in [4.69, 9.17) is 14.2 Å². The first-order valence-electron chi connectivity index (χ1n) is 7.21. The van der Waals surface area contributed by atoms with Gasteiger partial charge < -0.3 is 19.3 Å². The third-order valence-corrected chi connectivity index (χ3v) is 4.05. The number of aliphatic hydroxyl groups excluding tert-OH is 1. The van der Waals surface area contributed by atoms with Crippen molar-refractivity contribution in [1.29, 1.82) is 0 Å². The predicted octanol–water partition coefficient (Wildman–Crippen LogP) is -1.18. The number of hydrogen-bond acceptors (Lipinski definition) is 7. The van der Waals surface area contributed by atoms with Gasteiger partial charge in [-0.25, -0.2) is 9.78 Å². The highest BCUT2D eigenvalue weighted by Crippen LogP contribution is 2.43. The molecule has 0 bridgehead atoms. The molecule has 10 heteroatoms. The maximum absolute atomic E-state index is 11.8. The van der Waals surface area contributed by atoms with Crippen molar-refractivity contribution in [3.8, 4) is 0 Å². The Morgan fingerprint density at radius 1 is 1.30 bits per heavy atom. The van der Waals surface area contributed by atoms with Gasteiger partial charge in [0.15, 0.2) is 17.5 Å². The zero-order chi connectivity index (χ0) is 16.4. The molecule has 23 heavy (non-hydrogen) atoms. The fourth-order valence-corrected chi connectivity index (χ4v) is 3.18. The van der Waals surface area contributed by atoms with E-state index in [-0.39, 0.29) is 17.8 Å². The topological polar surface area (TPSA) is 131 Å². The Bertz CT molecular complexity index is 867. The number of aromatic amines is 2. The standard InChI is InChI=1S/C13H16N4O6/c1-13(2)22-7-5(3-18)21-11(8(7)23-13)17-4-14-6-9(17)15-12(20)16-10(6)19/h4-5,7-8,11,18H,3H2,1-2H3,(H2,15,16,19,20)/t5-,7-,8-,11-/m1/s1. The summed E-state index contributed by atoms with van der Waals surface area (Å²) in [4.78, 5) is 32.0. The van der Waals surface area contributed by atoms with Crippen LogP contribution in [0, 0.1) is 0 Å². The Balaban J connectivity index is 1.82. The van der Waals surface area contributed by atoms with E-state index in [1.54, 1.807) is 13.8 Å². The molecule has 2 aromatic heterocycles. The van der Waals surface area contributed by atoms with E-state index < -0.39 is 41.6 Å². The minimum atomic E-state index is -0.813. The van der Waals surface area contributed by atoms with Crippen LogP contribution in [0.25, 0.3) is 11.2 Å². The molecule has 4 atom stereocenters. The van der Waals surface area contributed by atoms with Crippen molar-refractivity contribution in [2.24, 2.45) is 0 Å². The van der Waals surface area contributed by atoms with Gasteiger partial charge in [0.2, 0.25) is 0 Å². The van der Waals surface area contributed by atoms with Gasteiger partial charge in [0.1, 0.15) is 24.0 Å². The van der Waals surface area contributed by atoms with E-state index in [2.05, 4.69) is 15.0 Å². The first-order chi connectivity index (χ1) is 10.9. The second-order valence-corrected chi connectivity index (χ2v) is 6.07. The van der Waals surface area contributed by atoms with Crippen molar-refractivity contribution in [2.45, 2.75) is 44.2 Å². The lowest BCUT2D eigenvalue weighted by molar-refractivity contribution is -0.199. The molecule has 10 nitrogen and oxygen atoms in total. The molecule has 2 saturated heterocycles. The van der Waals surface area contributed by atoms with Gasteiger partial charge >= 0.3 is 5.69 Å². The van der Waals surface area contributed by atoms with Crippen molar-refractivity contribution in [3.63, 3.8) is 0 Å². The van der Waals surface area contributed by atoms with Crippen LogP contribution in [0.1, 0.15) is 20.1 Å². The lowest BCUT2D eigenvalue weighted by atomic mass is 10.1. The first kappa shape index (κ1) is 14.6. The molecule has 0 saturated carbocycles. The maximum atomic E-state index is 11.8. The van der Waals surface area contributed by atoms with E-state index >= 15 is 0 Å². The van der Waals surface area contributed by atoms with Crippen molar-refractivity contribution < 1.29 is 19.3 Å². The minimum Gasteiger partial charge on any atom is -0.394 e. The zero-order valence-corrected chi connectivity index (χ0v) is 12.5. The fraction of sp³-hybridized carbons (Fsp3) is 0.615. The third kappa shape index (κ3) is 2.14. The average molecular weight is 324 g/mol. The van der Waals surface area contributed by atoms with E-state index in [1.807, 2.05) is 0 Å². The van der Waals surface area contributed by atoms with Crippen LogP contribution in [0.5, 0.6) is 0 Å². The third-order valence-electron chi connectivity index (χ3n) is 4.05. The summed E-state index contributed by atoms with van der Waals surface area (Å²) in [5, 5.41) is 9.50.